The van der Waals surface area contributed by atoms with Crippen LogP contribution in [0.25, 0.3) is 0 Å². The van der Waals surface area contributed by atoms with Crippen molar-refractivity contribution >= 4 is 0 Å². The van der Waals surface area contributed by atoms with Gasteiger partial charge in [-0.05, 0) is 37.3 Å². The topological polar surface area (TPSA) is 20.2 Å². The Bertz CT molecular complexity index is 430. The van der Waals surface area contributed by atoms with Gasteiger partial charge in [0.15, 0.2) is 0 Å². The van der Waals surface area contributed by atoms with Gasteiger partial charge in [0.05, 0.1) is 11.2 Å². The molecule has 0 heterocycles. The molecular formula is C14H18F2O. The molecule has 1 aromatic carbocycles. The molecule has 0 bridgehead atoms. The van der Waals surface area contributed by atoms with Crippen LogP contribution in [0.1, 0.15) is 43.7 Å². The number of aryl methyl sites for hydroxylation is 1. The van der Waals surface area contributed by atoms with E-state index < -0.39 is 17.2 Å². The van der Waals surface area contributed by atoms with Crippen molar-refractivity contribution in [1.29, 1.82) is 0 Å². The SMILES string of the molecule is Cc1ccc(F)c(C2(O)CCCCC2C)c1F. The minimum Gasteiger partial charge on any atom is -0.385 e. The summed E-state index contributed by atoms with van der Waals surface area (Å²) in [5.41, 5.74) is -1.10. The summed E-state index contributed by atoms with van der Waals surface area (Å²) in [5, 5.41) is 10.6. The van der Waals surface area contributed by atoms with E-state index in [1.54, 1.807) is 6.92 Å². The zero-order chi connectivity index (χ0) is 12.6. The third kappa shape index (κ3) is 1.97. The van der Waals surface area contributed by atoms with Crippen LogP contribution in [0.15, 0.2) is 12.1 Å². The molecule has 1 saturated carbocycles. The fourth-order valence-corrected chi connectivity index (χ4v) is 2.76. The van der Waals surface area contributed by atoms with Gasteiger partial charge in [-0.3, -0.25) is 0 Å². The summed E-state index contributed by atoms with van der Waals surface area (Å²) >= 11 is 0. The molecule has 0 radical (unpaired) electrons. The van der Waals surface area contributed by atoms with E-state index in [0.29, 0.717) is 12.0 Å². The van der Waals surface area contributed by atoms with Gasteiger partial charge in [0.1, 0.15) is 11.6 Å². The van der Waals surface area contributed by atoms with Crippen LogP contribution in [-0.2, 0) is 5.60 Å². The van der Waals surface area contributed by atoms with Crippen molar-refractivity contribution in [2.45, 2.75) is 45.1 Å². The van der Waals surface area contributed by atoms with Gasteiger partial charge in [-0.25, -0.2) is 8.78 Å². The highest BCUT2D eigenvalue weighted by Crippen LogP contribution is 2.43. The number of rotatable bonds is 1. The maximum atomic E-state index is 14.1. The van der Waals surface area contributed by atoms with Crippen molar-refractivity contribution in [1.82, 2.24) is 0 Å². The van der Waals surface area contributed by atoms with E-state index >= 15 is 0 Å². The number of aliphatic hydroxyl groups is 1. The smallest absolute Gasteiger partial charge is 0.135 e. The molecule has 2 unspecified atom stereocenters. The Morgan fingerprint density at radius 3 is 2.65 bits per heavy atom. The van der Waals surface area contributed by atoms with E-state index in [4.69, 9.17) is 0 Å². The van der Waals surface area contributed by atoms with Crippen LogP contribution in [0.2, 0.25) is 0 Å². The third-order valence-electron chi connectivity index (χ3n) is 3.98. The monoisotopic (exact) mass is 240 g/mol. The summed E-state index contributed by atoms with van der Waals surface area (Å²) in [4.78, 5) is 0. The van der Waals surface area contributed by atoms with Crippen molar-refractivity contribution in [2.24, 2.45) is 5.92 Å². The second kappa shape index (κ2) is 4.37. The summed E-state index contributed by atoms with van der Waals surface area (Å²) in [7, 11) is 0. The van der Waals surface area contributed by atoms with Crippen molar-refractivity contribution in [3.63, 3.8) is 0 Å². The van der Waals surface area contributed by atoms with Gasteiger partial charge in [0.2, 0.25) is 0 Å². The van der Waals surface area contributed by atoms with Gasteiger partial charge in [-0.15, -0.1) is 0 Å². The highest BCUT2D eigenvalue weighted by atomic mass is 19.1. The molecule has 3 heteroatoms. The zero-order valence-electron chi connectivity index (χ0n) is 10.3. The van der Waals surface area contributed by atoms with Crippen molar-refractivity contribution < 1.29 is 13.9 Å². The second-order valence-corrected chi connectivity index (χ2v) is 5.12. The average molecular weight is 240 g/mol. The largest absolute Gasteiger partial charge is 0.385 e. The average Bonchev–Trinajstić information content (AvgIpc) is 2.28. The summed E-state index contributed by atoms with van der Waals surface area (Å²) in [5.74, 6) is -1.34. The molecule has 0 aliphatic heterocycles. The van der Waals surface area contributed by atoms with Crippen LogP contribution in [0.5, 0.6) is 0 Å². The van der Waals surface area contributed by atoms with Crippen LogP contribution in [0.4, 0.5) is 8.78 Å². The van der Waals surface area contributed by atoms with Crippen LogP contribution >= 0.6 is 0 Å². The molecule has 17 heavy (non-hydrogen) atoms. The van der Waals surface area contributed by atoms with Crippen molar-refractivity contribution in [3.8, 4) is 0 Å². The standard InChI is InChI=1S/C14H18F2O/c1-9-6-7-11(15)12(13(9)16)14(17)8-4-3-5-10(14)2/h6-7,10,17H,3-5,8H2,1-2H3. The molecular weight excluding hydrogens is 222 g/mol. The Morgan fingerprint density at radius 2 is 2.00 bits per heavy atom. The Morgan fingerprint density at radius 1 is 1.29 bits per heavy atom. The lowest BCUT2D eigenvalue weighted by Gasteiger charge is -2.39. The number of hydrogen-bond acceptors (Lipinski definition) is 1. The lowest BCUT2D eigenvalue weighted by atomic mass is 9.72. The molecule has 1 aromatic rings. The minimum absolute atomic E-state index is 0.109. The predicted molar refractivity (Wildman–Crippen MR) is 62.6 cm³/mol. The van der Waals surface area contributed by atoms with Crippen molar-refractivity contribution in [3.05, 3.63) is 34.9 Å². The highest BCUT2D eigenvalue weighted by Gasteiger charge is 2.41. The van der Waals surface area contributed by atoms with E-state index in [2.05, 4.69) is 0 Å². The molecule has 0 amide bonds. The lowest BCUT2D eigenvalue weighted by molar-refractivity contribution is -0.0525. The van der Waals surface area contributed by atoms with Crippen LogP contribution in [-0.4, -0.2) is 5.11 Å². The molecule has 1 aliphatic carbocycles. The van der Waals surface area contributed by atoms with E-state index in [1.807, 2.05) is 6.92 Å². The number of benzene rings is 1. The van der Waals surface area contributed by atoms with E-state index in [-0.39, 0.29) is 11.5 Å². The number of halogens is 2. The second-order valence-electron chi connectivity index (χ2n) is 5.12. The molecule has 94 valence electrons. The maximum absolute atomic E-state index is 14.1. The molecule has 0 spiro atoms. The van der Waals surface area contributed by atoms with Gasteiger partial charge in [-0.1, -0.05) is 25.8 Å². The minimum atomic E-state index is -1.35. The molecule has 1 fully saturated rings. The van der Waals surface area contributed by atoms with Gasteiger partial charge in [0.25, 0.3) is 0 Å². The first kappa shape index (κ1) is 12.5. The summed E-state index contributed by atoms with van der Waals surface area (Å²) in [6.45, 7) is 3.45. The quantitative estimate of drug-likeness (QED) is 0.794. The van der Waals surface area contributed by atoms with Crippen LogP contribution in [0, 0.1) is 24.5 Å². The Balaban J connectivity index is 2.55. The van der Waals surface area contributed by atoms with E-state index in [9.17, 15) is 13.9 Å². The Labute approximate surface area is 100 Å². The number of hydrogen-bond donors (Lipinski definition) is 1. The van der Waals surface area contributed by atoms with E-state index in [0.717, 1.165) is 19.3 Å². The zero-order valence-corrected chi connectivity index (χ0v) is 10.3. The van der Waals surface area contributed by atoms with Crippen LogP contribution < -0.4 is 0 Å². The van der Waals surface area contributed by atoms with Gasteiger partial charge >= 0.3 is 0 Å². The first-order valence-corrected chi connectivity index (χ1v) is 6.14. The molecule has 0 aromatic heterocycles. The normalized spacial score (nSPS) is 29.4. The summed E-state index contributed by atoms with van der Waals surface area (Å²) in [6.07, 6.45) is 3.07. The molecule has 2 atom stereocenters. The van der Waals surface area contributed by atoms with Gasteiger partial charge in [0, 0.05) is 0 Å². The van der Waals surface area contributed by atoms with Crippen LogP contribution in [0.3, 0.4) is 0 Å². The van der Waals surface area contributed by atoms with Gasteiger partial charge < -0.3 is 5.11 Å². The maximum Gasteiger partial charge on any atom is 0.135 e. The molecule has 1 aliphatic rings. The first-order valence-electron chi connectivity index (χ1n) is 6.14. The molecule has 2 rings (SSSR count). The Kier molecular flexibility index (Phi) is 3.21. The molecule has 1 N–H and O–H groups in total. The summed E-state index contributed by atoms with van der Waals surface area (Å²) in [6, 6.07) is 2.65. The highest BCUT2D eigenvalue weighted by molar-refractivity contribution is 5.32. The van der Waals surface area contributed by atoms with Crippen molar-refractivity contribution in [2.75, 3.05) is 0 Å². The first-order chi connectivity index (χ1) is 7.97. The molecule has 1 nitrogen and oxygen atoms in total. The third-order valence-corrected chi connectivity index (χ3v) is 3.98. The fraction of sp³-hybridized carbons (Fsp3) is 0.571. The summed E-state index contributed by atoms with van der Waals surface area (Å²) < 4.78 is 27.9. The Hall–Kier alpha value is -0.960. The molecule has 0 saturated heterocycles. The predicted octanol–water partition coefficient (Wildman–Crippen LogP) is 3.67. The fourth-order valence-electron chi connectivity index (χ4n) is 2.76. The van der Waals surface area contributed by atoms with Gasteiger partial charge in [-0.2, -0.15) is 0 Å². The van der Waals surface area contributed by atoms with E-state index in [1.165, 1.54) is 12.1 Å². The lowest BCUT2D eigenvalue weighted by Crippen LogP contribution is -2.38.